The zero-order valence-corrected chi connectivity index (χ0v) is 9.30. The van der Waals surface area contributed by atoms with E-state index in [0.717, 1.165) is 24.5 Å². The first-order chi connectivity index (χ1) is 7.34. The summed E-state index contributed by atoms with van der Waals surface area (Å²) < 4.78 is 11.5. The van der Waals surface area contributed by atoms with E-state index < -0.39 is 0 Å². The van der Waals surface area contributed by atoms with Crippen LogP contribution >= 0.6 is 11.5 Å². The first-order valence-corrected chi connectivity index (χ1v) is 5.84. The Hall–Kier alpha value is -1.13. The van der Waals surface area contributed by atoms with E-state index in [1.807, 2.05) is 19.1 Å². The molecule has 0 bridgehead atoms. The minimum Gasteiger partial charge on any atom is -0.487 e. The first kappa shape index (κ1) is 9.12. The summed E-state index contributed by atoms with van der Waals surface area (Å²) in [5.74, 6) is 0.977. The maximum absolute atomic E-state index is 5.91. The highest BCUT2D eigenvalue weighted by Gasteiger charge is 2.20. The fourth-order valence-corrected chi connectivity index (χ4v) is 2.54. The van der Waals surface area contributed by atoms with Crippen LogP contribution in [0.2, 0.25) is 0 Å². The van der Waals surface area contributed by atoms with Gasteiger partial charge in [0.15, 0.2) is 0 Å². The molecule has 0 amide bonds. The van der Waals surface area contributed by atoms with E-state index in [1.54, 1.807) is 0 Å². The molecule has 15 heavy (non-hydrogen) atoms. The van der Waals surface area contributed by atoms with Crippen molar-refractivity contribution in [2.75, 3.05) is 13.1 Å². The van der Waals surface area contributed by atoms with Crippen LogP contribution in [-0.4, -0.2) is 23.6 Å². The van der Waals surface area contributed by atoms with E-state index in [-0.39, 0.29) is 0 Å². The first-order valence-electron chi connectivity index (χ1n) is 5.07. The molecule has 0 radical (unpaired) electrons. The molecule has 1 aromatic carbocycles. The molecule has 0 atom stereocenters. The van der Waals surface area contributed by atoms with Crippen LogP contribution in [0.4, 0.5) is 0 Å². The molecule has 0 aliphatic carbocycles. The number of fused-ring (bicyclic) bond motifs is 1. The minimum atomic E-state index is 0.329. The van der Waals surface area contributed by atoms with Crippen LogP contribution in [0.3, 0.4) is 0 Å². The third-order valence-corrected chi connectivity index (χ3v) is 3.57. The maximum Gasteiger partial charge on any atom is 0.130 e. The van der Waals surface area contributed by atoms with Gasteiger partial charge in [-0.1, -0.05) is 6.07 Å². The Morgan fingerprint density at radius 3 is 3.07 bits per heavy atom. The standard InChI is InChI=1S/C11H12N2OS/c1-7-11-9(14-8-5-12-6-8)3-2-4-10(11)15-13-7/h2-4,8,12H,5-6H2,1H3. The molecule has 2 heterocycles. The highest BCUT2D eigenvalue weighted by molar-refractivity contribution is 7.13. The molecule has 1 aromatic heterocycles. The van der Waals surface area contributed by atoms with E-state index in [1.165, 1.54) is 21.6 Å². The van der Waals surface area contributed by atoms with Gasteiger partial charge in [0.25, 0.3) is 0 Å². The van der Waals surface area contributed by atoms with Gasteiger partial charge in [0.1, 0.15) is 11.9 Å². The zero-order valence-electron chi connectivity index (χ0n) is 8.49. The van der Waals surface area contributed by atoms with Crippen molar-refractivity contribution in [1.29, 1.82) is 0 Å². The summed E-state index contributed by atoms with van der Waals surface area (Å²) in [5, 5.41) is 4.38. The molecule has 0 spiro atoms. The number of ether oxygens (including phenoxy) is 1. The lowest BCUT2D eigenvalue weighted by molar-refractivity contribution is 0.144. The van der Waals surface area contributed by atoms with Gasteiger partial charge in [-0.15, -0.1) is 0 Å². The van der Waals surface area contributed by atoms with Crippen molar-refractivity contribution >= 4 is 21.6 Å². The van der Waals surface area contributed by atoms with E-state index >= 15 is 0 Å². The SMILES string of the molecule is Cc1nsc2cccc(OC3CNC3)c12. The second-order valence-electron chi connectivity index (χ2n) is 3.80. The Bertz CT molecular complexity index is 490. The van der Waals surface area contributed by atoms with Gasteiger partial charge in [0.2, 0.25) is 0 Å². The molecule has 1 N–H and O–H groups in total. The highest BCUT2D eigenvalue weighted by atomic mass is 32.1. The van der Waals surface area contributed by atoms with Gasteiger partial charge in [-0.3, -0.25) is 0 Å². The predicted octanol–water partition coefficient (Wildman–Crippen LogP) is 1.96. The van der Waals surface area contributed by atoms with E-state index in [4.69, 9.17) is 4.74 Å². The fourth-order valence-electron chi connectivity index (χ4n) is 1.73. The molecule has 1 saturated heterocycles. The third-order valence-electron chi connectivity index (χ3n) is 2.67. The third kappa shape index (κ3) is 1.50. The van der Waals surface area contributed by atoms with Gasteiger partial charge < -0.3 is 10.1 Å². The summed E-state index contributed by atoms with van der Waals surface area (Å²) in [5.41, 5.74) is 1.07. The van der Waals surface area contributed by atoms with Crippen molar-refractivity contribution < 1.29 is 4.74 Å². The van der Waals surface area contributed by atoms with Crippen LogP contribution in [0.25, 0.3) is 10.1 Å². The van der Waals surface area contributed by atoms with Crippen LogP contribution in [0.1, 0.15) is 5.69 Å². The number of aromatic nitrogens is 1. The number of rotatable bonds is 2. The second kappa shape index (κ2) is 3.47. The Morgan fingerprint density at radius 1 is 1.47 bits per heavy atom. The van der Waals surface area contributed by atoms with E-state index in [9.17, 15) is 0 Å². The lowest BCUT2D eigenvalue weighted by Crippen LogP contribution is -2.50. The molecule has 1 fully saturated rings. The van der Waals surface area contributed by atoms with Gasteiger partial charge in [-0.2, -0.15) is 4.37 Å². The lowest BCUT2D eigenvalue weighted by Gasteiger charge is -2.28. The van der Waals surface area contributed by atoms with Crippen molar-refractivity contribution in [3.05, 3.63) is 23.9 Å². The van der Waals surface area contributed by atoms with Crippen LogP contribution in [0.15, 0.2) is 18.2 Å². The van der Waals surface area contributed by atoms with Crippen LogP contribution in [-0.2, 0) is 0 Å². The quantitative estimate of drug-likeness (QED) is 0.840. The summed E-state index contributed by atoms with van der Waals surface area (Å²) in [6.45, 7) is 3.94. The Labute approximate surface area is 92.2 Å². The van der Waals surface area contributed by atoms with Gasteiger partial charge >= 0.3 is 0 Å². The van der Waals surface area contributed by atoms with E-state index in [0.29, 0.717) is 6.10 Å². The summed E-state index contributed by atoms with van der Waals surface area (Å²) in [4.78, 5) is 0. The highest BCUT2D eigenvalue weighted by Crippen LogP contribution is 2.31. The van der Waals surface area contributed by atoms with Crippen LogP contribution < -0.4 is 10.1 Å². The van der Waals surface area contributed by atoms with Crippen molar-refractivity contribution in [2.45, 2.75) is 13.0 Å². The molecular formula is C11H12N2OS. The monoisotopic (exact) mass is 220 g/mol. The topological polar surface area (TPSA) is 34.1 Å². The summed E-state index contributed by atoms with van der Waals surface area (Å²) in [6.07, 6.45) is 0.329. The maximum atomic E-state index is 5.91. The average molecular weight is 220 g/mol. The molecule has 0 unspecified atom stereocenters. The van der Waals surface area contributed by atoms with Gasteiger partial charge in [-0.25, -0.2) is 0 Å². The fraction of sp³-hybridized carbons (Fsp3) is 0.364. The predicted molar refractivity (Wildman–Crippen MR) is 61.6 cm³/mol. The van der Waals surface area contributed by atoms with E-state index in [2.05, 4.69) is 15.8 Å². The van der Waals surface area contributed by atoms with Gasteiger partial charge in [0.05, 0.1) is 15.8 Å². The van der Waals surface area contributed by atoms with Crippen molar-refractivity contribution in [1.82, 2.24) is 9.69 Å². The van der Waals surface area contributed by atoms with Crippen molar-refractivity contribution in [3.8, 4) is 5.75 Å². The number of hydrogen-bond donors (Lipinski definition) is 1. The largest absolute Gasteiger partial charge is 0.487 e. The second-order valence-corrected chi connectivity index (χ2v) is 4.60. The molecule has 3 nitrogen and oxygen atoms in total. The number of nitrogens with one attached hydrogen (secondary N) is 1. The lowest BCUT2D eigenvalue weighted by atomic mass is 10.2. The Morgan fingerprint density at radius 2 is 2.33 bits per heavy atom. The summed E-state index contributed by atoms with van der Waals surface area (Å²) in [6, 6.07) is 6.15. The molecule has 0 saturated carbocycles. The number of hydrogen-bond acceptors (Lipinski definition) is 4. The molecule has 4 heteroatoms. The average Bonchev–Trinajstić information content (AvgIpc) is 2.55. The Balaban J connectivity index is 2.04. The van der Waals surface area contributed by atoms with Crippen molar-refractivity contribution in [2.24, 2.45) is 0 Å². The number of nitrogens with zero attached hydrogens (tertiary/aromatic N) is 1. The molecule has 1 aliphatic rings. The summed E-state index contributed by atoms with van der Waals surface area (Å²) in [7, 11) is 0. The zero-order chi connectivity index (χ0) is 10.3. The molecule has 1 aliphatic heterocycles. The molecule has 78 valence electrons. The molecule has 3 rings (SSSR count). The minimum absolute atomic E-state index is 0.329. The van der Waals surface area contributed by atoms with Crippen LogP contribution in [0.5, 0.6) is 5.75 Å². The number of aryl methyl sites for hydroxylation is 1. The smallest absolute Gasteiger partial charge is 0.130 e. The summed E-state index contributed by atoms with van der Waals surface area (Å²) >= 11 is 1.54. The van der Waals surface area contributed by atoms with Gasteiger partial charge in [0, 0.05) is 13.1 Å². The Kier molecular flexibility index (Phi) is 2.11. The van der Waals surface area contributed by atoms with Crippen molar-refractivity contribution in [3.63, 3.8) is 0 Å². The van der Waals surface area contributed by atoms with Gasteiger partial charge in [-0.05, 0) is 30.6 Å². The molecule has 2 aromatic rings. The van der Waals surface area contributed by atoms with Crippen LogP contribution in [0, 0.1) is 6.92 Å². The molecular weight excluding hydrogens is 208 g/mol. The normalized spacial score (nSPS) is 16.6. The number of benzene rings is 1.